The van der Waals surface area contributed by atoms with Crippen LogP contribution in [0.25, 0.3) is 0 Å². The van der Waals surface area contributed by atoms with Crippen LogP contribution in [-0.4, -0.2) is 9.97 Å². The average molecular weight is 310 g/mol. The molecule has 84 valence electrons. The van der Waals surface area contributed by atoms with Gasteiger partial charge in [0.05, 0.1) is 16.1 Å². The van der Waals surface area contributed by atoms with E-state index in [1.165, 1.54) is 0 Å². The number of hydrogen-bond acceptors (Lipinski definition) is 4. The van der Waals surface area contributed by atoms with Crippen molar-refractivity contribution in [2.45, 2.75) is 0 Å². The second kappa shape index (κ2) is 5.13. The van der Waals surface area contributed by atoms with Crippen molar-refractivity contribution in [3.8, 4) is 6.07 Å². The Morgan fingerprint density at radius 3 is 2.65 bits per heavy atom. The molecule has 0 saturated heterocycles. The van der Waals surface area contributed by atoms with Gasteiger partial charge < -0.3 is 5.32 Å². The van der Waals surface area contributed by atoms with Crippen LogP contribution in [-0.2, 0) is 0 Å². The fraction of sp³-hybridized carbons (Fsp3) is 0. The predicted octanol–water partition coefficient (Wildman–Crippen LogP) is 3.51. The number of nitrogens with one attached hydrogen (secondary N) is 1. The maximum Gasteiger partial charge on any atom is 0.224 e. The fourth-order valence-corrected chi connectivity index (χ4v) is 1.62. The topological polar surface area (TPSA) is 61.6 Å². The zero-order valence-corrected chi connectivity index (χ0v) is 10.8. The summed E-state index contributed by atoms with van der Waals surface area (Å²) in [6.07, 6.45) is 1.57. The van der Waals surface area contributed by atoms with Gasteiger partial charge in [0.25, 0.3) is 0 Å². The summed E-state index contributed by atoms with van der Waals surface area (Å²) < 4.78 is 0.714. The van der Waals surface area contributed by atoms with E-state index in [0.717, 1.165) is 5.69 Å². The molecule has 2 rings (SSSR count). The van der Waals surface area contributed by atoms with E-state index in [4.69, 9.17) is 16.9 Å². The number of nitrogens with zero attached hydrogens (tertiary/aromatic N) is 3. The van der Waals surface area contributed by atoms with Crippen molar-refractivity contribution in [2.24, 2.45) is 0 Å². The Morgan fingerprint density at radius 2 is 2.00 bits per heavy atom. The molecule has 0 saturated carbocycles. The Balaban J connectivity index is 2.25. The van der Waals surface area contributed by atoms with Crippen LogP contribution in [0.15, 0.2) is 34.9 Å². The van der Waals surface area contributed by atoms with Gasteiger partial charge >= 0.3 is 0 Å². The molecule has 6 heteroatoms. The van der Waals surface area contributed by atoms with E-state index in [-0.39, 0.29) is 5.28 Å². The standard InChI is InChI=1S/C11H6BrClN4/c12-9-6-15-11(13)17-10(9)16-8-3-1-7(5-14)2-4-8/h1-4,6H,(H,15,16,17). The highest BCUT2D eigenvalue weighted by Gasteiger charge is 2.04. The highest BCUT2D eigenvalue weighted by atomic mass is 79.9. The van der Waals surface area contributed by atoms with Crippen LogP contribution < -0.4 is 5.32 Å². The van der Waals surface area contributed by atoms with Crippen LogP contribution in [0.5, 0.6) is 0 Å². The lowest BCUT2D eigenvalue weighted by Crippen LogP contribution is -1.96. The molecule has 17 heavy (non-hydrogen) atoms. The summed E-state index contributed by atoms with van der Waals surface area (Å²) in [6, 6.07) is 9.08. The van der Waals surface area contributed by atoms with Crippen molar-refractivity contribution in [1.82, 2.24) is 9.97 Å². The van der Waals surface area contributed by atoms with Gasteiger partial charge in [-0.2, -0.15) is 10.2 Å². The molecule has 0 radical (unpaired) electrons. The minimum absolute atomic E-state index is 0.171. The molecule has 0 aliphatic rings. The van der Waals surface area contributed by atoms with Gasteiger partial charge in [0, 0.05) is 11.9 Å². The second-order valence-electron chi connectivity index (χ2n) is 3.15. The zero-order valence-electron chi connectivity index (χ0n) is 8.48. The summed E-state index contributed by atoms with van der Waals surface area (Å²) in [7, 11) is 0. The largest absolute Gasteiger partial charge is 0.339 e. The van der Waals surface area contributed by atoms with Gasteiger partial charge in [0.2, 0.25) is 5.28 Å². The first-order chi connectivity index (χ1) is 8.19. The normalized spacial score (nSPS) is 9.71. The molecule has 0 aliphatic carbocycles. The van der Waals surface area contributed by atoms with Gasteiger partial charge in [-0.25, -0.2) is 4.98 Å². The van der Waals surface area contributed by atoms with Crippen molar-refractivity contribution < 1.29 is 0 Å². The lowest BCUT2D eigenvalue weighted by atomic mass is 10.2. The molecule has 0 aliphatic heterocycles. The van der Waals surface area contributed by atoms with E-state index in [1.54, 1.807) is 30.5 Å². The van der Waals surface area contributed by atoms with Crippen molar-refractivity contribution in [1.29, 1.82) is 5.26 Å². The van der Waals surface area contributed by atoms with Gasteiger partial charge in [-0.3, -0.25) is 0 Å². The van der Waals surface area contributed by atoms with Gasteiger partial charge in [-0.1, -0.05) is 0 Å². The first-order valence-corrected chi connectivity index (χ1v) is 5.81. The highest BCUT2D eigenvalue weighted by molar-refractivity contribution is 9.10. The van der Waals surface area contributed by atoms with Crippen LogP contribution >= 0.6 is 27.5 Å². The van der Waals surface area contributed by atoms with E-state index in [0.29, 0.717) is 15.9 Å². The molecule has 0 spiro atoms. The number of halogens is 2. The first-order valence-electron chi connectivity index (χ1n) is 4.64. The summed E-state index contributed by atoms with van der Waals surface area (Å²) in [5.74, 6) is 0.578. The van der Waals surface area contributed by atoms with E-state index < -0.39 is 0 Å². The van der Waals surface area contributed by atoms with Gasteiger partial charge in [-0.15, -0.1) is 0 Å². The minimum Gasteiger partial charge on any atom is -0.339 e. The van der Waals surface area contributed by atoms with E-state index in [2.05, 4.69) is 37.3 Å². The van der Waals surface area contributed by atoms with Crippen LogP contribution in [0.3, 0.4) is 0 Å². The molecule has 4 nitrogen and oxygen atoms in total. The fourth-order valence-electron chi connectivity index (χ4n) is 1.20. The van der Waals surface area contributed by atoms with Crippen molar-refractivity contribution in [3.05, 3.63) is 45.8 Å². The summed E-state index contributed by atoms with van der Waals surface area (Å²) in [5, 5.41) is 11.9. The van der Waals surface area contributed by atoms with Crippen LogP contribution in [0, 0.1) is 11.3 Å². The summed E-state index contributed by atoms with van der Waals surface area (Å²) in [4.78, 5) is 7.87. The van der Waals surface area contributed by atoms with Gasteiger partial charge in [0.15, 0.2) is 0 Å². The number of anilines is 2. The first kappa shape index (κ1) is 11.8. The maximum atomic E-state index is 8.68. The molecule has 1 aromatic carbocycles. The molecule has 1 aromatic heterocycles. The third kappa shape index (κ3) is 2.93. The summed E-state index contributed by atoms with van der Waals surface area (Å²) in [5.41, 5.74) is 1.43. The van der Waals surface area contributed by atoms with E-state index in [9.17, 15) is 0 Å². The molecule has 0 unspecified atom stereocenters. The molecule has 0 amide bonds. The molecule has 2 aromatic rings. The van der Waals surface area contributed by atoms with Crippen LogP contribution in [0.2, 0.25) is 5.28 Å². The van der Waals surface area contributed by atoms with Crippen molar-refractivity contribution in [3.63, 3.8) is 0 Å². The average Bonchev–Trinajstić information content (AvgIpc) is 2.35. The Morgan fingerprint density at radius 1 is 1.29 bits per heavy atom. The molecular weight excluding hydrogens is 304 g/mol. The Kier molecular flexibility index (Phi) is 3.57. The SMILES string of the molecule is N#Cc1ccc(Nc2nc(Cl)ncc2Br)cc1. The lowest BCUT2D eigenvalue weighted by Gasteiger charge is -2.07. The molecule has 0 bridgehead atoms. The molecular formula is C11H6BrClN4. The third-order valence-electron chi connectivity index (χ3n) is 1.99. The van der Waals surface area contributed by atoms with Gasteiger partial charge in [-0.05, 0) is 51.8 Å². The lowest BCUT2D eigenvalue weighted by molar-refractivity contribution is 1.15. The highest BCUT2D eigenvalue weighted by Crippen LogP contribution is 2.24. The van der Waals surface area contributed by atoms with Gasteiger partial charge in [0.1, 0.15) is 5.82 Å². The number of benzene rings is 1. The Bertz CT molecular complexity index is 577. The Labute approximate surface area is 111 Å². The monoisotopic (exact) mass is 308 g/mol. The number of aromatic nitrogens is 2. The van der Waals surface area contributed by atoms with E-state index in [1.807, 2.05) is 0 Å². The van der Waals surface area contributed by atoms with Crippen LogP contribution in [0.1, 0.15) is 5.56 Å². The number of hydrogen-bond donors (Lipinski definition) is 1. The predicted molar refractivity (Wildman–Crippen MR) is 69.2 cm³/mol. The quantitative estimate of drug-likeness (QED) is 0.862. The third-order valence-corrected chi connectivity index (χ3v) is 2.75. The van der Waals surface area contributed by atoms with Crippen molar-refractivity contribution in [2.75, 3.05) is 5.32 Å². The molecule has 0 fully saturated rings. The number of nitriles is 1. The van der Waals surface area contributed by atoms with E-state index >= 15 is 0 Å². The zero-order chi connectivity index (χ0) is 12.3. The minimum atomic E-state index is 0.171. The van der Waals surface area contributed by atoms with Crippen LogP contribution in [0.4, 0.5) is 11.5 Å². The summed E-state index contributed by atoms with van der Waals surface area (Å²) >= 11 is 9.02. The smallest absolute Gasteiger partial charge is 0.224 e. The molecule has 1 heterocycles. The summed E-state index contributed by atoms with van der Waals surface area (Å²) in [6.45, 7) is 0. The molecule has 0 atom stereocenters. The number of rotatable bonds is 2. The Hall–Kier alpha value is -1.64. The second-order valence-corrected chi connectivity index (χ2v) is 4.34. The maximum absolute atomic E-state index is 8.68. The molecule has 1 N–H and O–H groups in total. The van der Waals surface area contributed by atoms with Crippen molar-refractivity contribution >= 4 is 39.0 Å².